The van der Waals surface area contributed by atoms with Gasteiger partial charge in [-0.1, -0.05) is 54.6 Å². The molecule has 1 unspecified atom stereocenters. The van der Waals surface area contributed by atoms with Crippen molar-refractivity contribution < 1.29 is 0 Å². The molecule has 0 radical (unpaired) electrons. The maximum absolute atomic E-state index is 3.65. The fraction of sp³-hybridized carbons (Fsp3) is 0.333. The Labute approximate surface area is 121 Å². The Balaban J connectivity index is 1.57. The number of hydrogen-bond donors (Lipinski definition) is 1. The predicted molar refractivity (Wildman–Crippen MR) is 83.5 cm³/mol. The molecule has 0 spiro atoms. The van der Waals surface area contributed by atoms with Crippen molar-refractivity contribution in [3.05, 3.63) is 71.3 Å². The summed E-state index contributed by atoms with van der Waals surface area (Å²) in [5.41, 5.74) is 4.34. The molecule has 3 rings (SSSR count). The zero-order valence-electron chi connectivity index (χ0n) is 12.0. The summed E-state index contributed by atoms with van der Waals surface area (Å²) in [4.78, 5) is 2.40. The van der Waals surface area contributed by atoms with Crippen LogP contribution in [-0.4, -0.2) is 24.5 Å². The monoisotopic (exact) mass is 266 g/mol. The predicted octanol–water partition coefficient (Wildman–Crippen LogP) is 2.83. The van der Waals surface area contributed by atoms with Crippen LogP contribution in [0.4, 0.5) is 0 Å². The first kappa shape index (κ1) is 13.3. The molecule has 2 aromatic carbocycles. The normalized spacial score (nSPS) is 18.0. The van der Waals surface area contributed by atoms with Crippen molar-refractivity contribution >= 4 is 0 Å². The minimum Gasteiger partial charge on any atom is -0.308 e. The van der Waals surface area contributed by atoms with Gasteiger partial charge >= 0.3 is 0 Å². The molecule has 1 atom stereocenters. The summed E-state index contributed by atoms with van der Waals surface area (Å²) in [7, 11) is 2.20. The van der Waals surface area contributed by atoms with Crippen LogP contribution >= 0.6 is 0 Å². The van der Waals surface area contributed by atoms with Gasteiger partial charge < -0.3 is 10.2 Å². The Hall–Kier alpha value is -1.64. The van der Waals surface area contributed by atoms with E-state index in [2.05, 4.69) is 71.9 Å². The Bertz CT molecular complexity index is 550. The second kappa shape index (κ2) is 6.21. The maximum atomic E-state index is 3.65. The van der Waals surface area contributed by atoms with Crippen LogP contribution in [0.25, 0.3) is 0 Å². The molecule has 1 aliphatic heterocycles. The molecule has 20 heavy (non-hydrogen) atoms. The fourth-order valence-electron chi connectivity index (χ4n) is 2.99. The molecule has 0 saturated carbocycles. The van der Waals surface area contributed by atoms with Crippen LogP contribution in [0.15, 0.2) is 54.6 Å². The van der Waals surface area contributed by atoms with E-state index in [9.17, 15) is 0 Å². The van der Waals surface area contributed by atoms with Gasteiger partial charge in [-0.25, -0.2) is 0 Å². The standard InChI is InChI=1S/C18H22N2/c1-20(13-15-7-3-2-4-8-15)14-18-11-16-9-5-6-10-17(16)12-19-18/h2-10,18-19H,11-14H2,1H3. The van der Waals surface area contributed by atoms with Gasteiger partial charge in [0.25, 0.3) is 0 Å². The van der Waals surface area contributed by atoms with E-state index in [-0.39, 0.29) is 0 Å². The zero-order chi connectivity index (χ0) is 13.8. The molecular formula is C18H22N2. The third-order valence-electron chi connectivity index (χ3n) is 3.99. The quantitative estimate of drug-likeness (QED) is 0.915. The smallest absolute Gasteiger partial charge is 0.0238 e. The summed E-state index contributed by atoms with van der Waals surface area (Å²) >= 11 is 0. The largest absolute Gasteiger partial charge is 0.308 e. The minimum absolute atomic E-state index is 0.554. The van der Waals surface area contributed by atoms with E-state index in [1.165, 1.54) is 16.7 Å². The van der Waals surface area contributed by atoms with E-state index in [0.29, 0.717) is 6.04 Å². The summed E-state index contributed by atoms with van der Waals surface area (Å²) in [6.07, 6.45) is 1.13. The molecule has 2 nitrogen and oxygen atoms in total. The number of nitrogens with one attached hydrogen (secondary N) is 1. The highest BCUT2D eigenvalue weighted by Crippen LogP contribution is 2.17. The topological polar surface area (TPSA) is 15.3 Å². The number of rotatable bonds is 4. The van der Waals surface area contributed by atoms with Crippen LogP contribution in [0, 0.1) is 0 Å². The summed E-state index contributed by atoms with van der Waals surface area (Å²) in [5, 5.41) is 3.65. The highest BCUT2D eigenvalue weighted by Gasteiger charge is 2.18. The summed E-state index contributed by atoms with van der Waals surface area (Å²) in [6.45, 7) is 3.10. The van der Waals surface area contributed by atoms with E-state index >= 15 is 0 Å². The van der Waals surface area contributed by atoms with Crippen LogP contribution in [0.3, 0.4) is 0 Å². The summed E-state index contributed by atoms with van der Waals surface area (Å²) < 4.78 is 0. The van der Waals surface area contributed by atoms with Crippen LogP contribution < -0.4 is 5.32 Å². The highest BCUT2D eigenvalue weighted by molar-refractivity contribution is 5.30. The van der Waals surface area contributed by atoms with Gasteiger partial charge in [0.05, 0.1) is 0 Å². The molecule has 1 aliphatic rings. The molecule has 104 valence electrons. The summed E-state index contributed by atoms with van der Waals surface area (Å²) in [5.74, 6) is 0. The first-order valence-corrected chi connectivity index (χ1v) is 7.34. The molecule has 0 aliphatic carbocycles. The first-order valence-electron chi connectivity index (χ1n) is 7.34. The van der Waals surface area contributed by atoms with Crippen LogP contribution in [0.1, 0.15) is 16.7 Å². The number of hydrogen-bond acceptors (Lipinski definition) is 2. The molecule has 1 heterocycles. The van der Waals surface area contributed by atoms with Crippen molar-refractivity contribution in [2.45, 2.75) is 25.6 Å². The second-order valence-corrected chi connectivity index (χ2v) is 5.73. The number of benzene rings is 2. The molecule has 1 N–H and O–H groups in total. The van der Waals surface area contributed by atoms with Crippen molar-refractivity contribution in [1.82, 2.24) is 10.2 Å². The van der Waals surface area contributed by atoms with Crippen molar-refractivity contribution in [3.8, 4) is 0 Å². The lowest BCUT2D eigenvalue weighted by molar-refractivity contribution is 0.274. The molecule has 0 amide bonds. The first-order chi connectivity index (χ1) is 9.81. The van der Waals surface area contributed by atoms with Gasteiger partial charge in [0.15, 0.2) is 0 Å². The van der Waals surface area contributed by atoms with Crippen molar-refractivity contribution in [2.24, 2.45) is 0 Å². The number of fused-ring (bicyclic) bond motifs is 1. The molecule has 0 saturated heterocycles. The molecule has 0 fully saturated rings. The highest BCUT2D eigenvalue weighted by atomic mass is 15.1. The van der Waals surface area contributed by atoms with E-state index < -0.39 is 0 Å². The van der Waals surface area contributed by atoms with E-state index in [1.807, 2.05) is 0 Å². The van der Waals surface area contributed by atoms with Gasteiger partial charge in [0, 0.05) is 25.7 Å². The third-order valence-corrected chi connectivity index (χ3v) is 3.99. The van der Waals surface area contributed by atoms with Crippen molar-refractivity contribution in [2.75, 3.05) is 13.6 Å². The minimum atomic E-state index is 0.554. The third kappa shape index (κ3) is 3.27. The van der Waals surface area contributed by atoms with Crippen LogP contribution in [0.2, 0.25) is 0 Å². The number of nitrogens with zero attached hydrogens (tertiary/aromatic N) is 1. The molecule has 2 heteroatoms. The van der Waals surface area contributed by atoms with Crippen LogP contribution in [0.5, 0.6) is 0 Å². The molecule has 0 aromatic heterocycles. The van der Waals surface area contributed by atoms with Crippen LogP contribution in [-0.2, 0) is 19.5 Å². The Kier molecular flexibility index (Phi) is 4.14. The van der Waals surface area contributed by atoms with E-state index in [4.69, 9.17) is 0 Å². The zero-order valence-corrected chi connectivity index (χ0v) is 12.0. The maximum Gasteiger partial charge on any atom is 0.0238 e. The Morgan fingerprint density at radius 2 is 1.70 bits per heavy atom. The Morgan fingerprint density at radius 3 is 2.50 bits per heavy atom. The van der Waals surface area contributed by atoms with Crippen molar-refractivity contribution in [3.63, 3.8) is 0 Å². The average molecular weight is 266 g/mol. The van der Waals surface area contributed by atoms with Gasteiger partial charge in [-0.15, -0.1) is 0 Å². The second-order valence-electron chi connectivity index (χ2n) is 5.73. The lowest BCUT2D eigenvalue weighted by atomic mass is 9.95. The van der Waals surface area contributed by atoms with E-state index in [1.54, 1.807) is 0 Å². The number of likely N-dealkylation sites (N-methyl/N-ethyl adjacent to an activating group) is 1. The fourth-order valence-corrected chi connectivity index (χ4v) is 2.99. The van der Waals surface area contributed by atoms with Gasteiger partial charge in [-0.05, 0) is 30.2 Å². The SMILES string of the molecule is CN(Cc1ccccc1)CC1Cc2ccccc2CN1. The Morgan fingerprint density at radius 1 is 1.00 bits per heavy atom. The van der Waals surface area contributed by atoms with Gasteiger partial charge in [-0.2, -0.15) is 0 Å². The van der Waals surface area contributed by atoms with E-state index in [0.717, 1.165) is 26.1 Å². The average Bonchev–Trinajstić information content (AvgIpc) is 2.48. The van der Waals surface area contributed by atoms with Gasteiger partial charge in [0.1, 0.15) is 0 Å². The molecule has 0 bridgehead atoms. The summed E-state index contributed by atoms with van der Waals surface area (Å²) in [6, 6.07) is 20.0. The molecule has 2 aromatic rings. The van der Waals surface area contributed by atoms with Gasteiger partial charge in [-0.3, -0.25) is 0 Å². The van der Waals surface area contributed by atoms with Gasteiger partial charge in [0.2, 0.25) is 0 Å². The van der Waals surface area contributed by atoms with Crippen molar-refractivity contribution in [1.29, 1.82) is 0 Å². The molecular weight excluding hydrogens is 244 g/mol. The lowest BCUT2D eigenvalue weighted by Crippen LogP contribution is -2.43. The lowest BCUT2D eigenvalue weighted by Gasteiger charge is -2.29.